The van der Waals surface area contributed by atoms with Crippen molar-refractivity contribution in [2.45, 2.75) is 50.2 Å². The van der Waals surface area contributed by atoms with E-state index >= 15 is 0 Å². The lowest BCUT2D eigenvalue weighted by Gasteiger charge is -2.43. The molecule has 0 amide bonds. The fourth-order valence-electron chi connectivity index (χ4n) is 3.86. The van der Waals surface area contributed by atoms with Gasteiger partial charge in [-0.15, -0.1) is 0 Å². The molecule has 0 aromatic rings. The minimum Gasteiger partial charge on any atom is -0.353 e. The summed E-state index contributed by atoms with van der Waals surface area (Å²) in [7, 11) is 2.56. The number of hydrogen-bond donors (Lipinski definition) is 0. The van der Waals surface area contributed by atoms with Crippen molar-refractivity contribution in [2.75, 3.05) is 14.2 Å². The maximum atomic E-state index is 5.71. The molecule has 0 heterocycles. The lowest BCUT2D eigenvalue weighted by atomic mass is 9.93. The standard InChI is InChI=1S/C12H24O2Si/c1-13-12(14-2)8-9-6-10(12)11(7-9)15(3,4)5/h9-11H,6-8H2,1-5H3/t9-,10+,11-/m1/s1. The van der Waals surface area contributed by atoms with Crippen LogP contribution in [-0.2, 0) is 9.47 Å². The summed E-state index contributed by atoms with van der Waals surface area (Å²) in [5.74, 6) is 1.27. The molecule has 0 saturated heterocycles. The molecule has 15 heavy (non-hydrogen) atoms. The van der Waals surface area contributed by atoms with Gasteiger partial charge in [0.15, 0.2) is 5.79 Å². The van der Waals surface area contributed by atoms with Gasteiger partial charge in [0.05, 0.1) is 0 Å². The molecule has 3 heteroatoms. The molecule has 0 radical (unpaired) electrons. The van der Waals surface area contributed by atoms with Crippen molar-refractivity contribution in [3.8, 4) is 0 Å². The first-order valence-corrected chi connectivity index (χ1v) is 9.61. The van der Waals surface area contributed by atoms with Crippen molar-refractivity contribution in [3.63, 3.8) is 0 Å². The summed E-state index contributed by atoms with van der Waals surface area (Å²) < 4.78 is 11.4. The summed E-state index contributed by atoms with van der Waals surface area (Å²) in [6, 6.07) is 0. The summed E-state index contributed by atoms with van der Waals surface area (Å²) in [6.07, 6.45) is 3.87. The van der Waals surface area contributed by atoms with Crippen LogP contribution >= 0.6 is 0 Å². The second kappa shape index (κ2) is 3.57. The van der Waals surface area contributed by atoms with Gasteiger partial charge in [0.2, 0.25) is 0 Å². The maximum absolute atomic E-state index is 5.71. The first-order chi connectivity index (χ1) is 6.93. The van der Waals surface area contributed by atoms with Crippen molar-refractivity contribution >= 4 is 8.07 Å². The topological polar surface area (TPSA) is 18.5 Å². The second-order valence-electron chi connectivity index (χ2n) is 6.34. The van der Waals surface area contributed by atoms with E-state index in [1.54, 1.807) is 0 Å². The van der Waals surface area contributed by atoms with Gasteiger partial charge in [0.1, 0.15) is 0 Å². The molecule has 2 fully saturated rings. The van der Waals surface area contributed by atoms with Crippen LogP contribution in [0.15, 0.2) is 0 Å². The Morgan fingerprint density at radius 3 is 2.07 bits per heavy atom. The monoisotopic (exact) mass is 228 g/mol. The summed E-state index contributed by atoms with van der Waals surface area (Å²) >= 11 is 0. The molecule has 0 unspecified atom stereocenters. The number of hydrogen-bond acceptors (Lipinski definition) is 2. The van der Waals surface area contributed by atoms with Crippen molar-refractivity contribution in [2.24, 2.45) is 11.8 Å². The number of rotatable bonds is 3. The molecule has 2 saturated carbocycles. The zero-order valence-electron chi connectivity index (χ0n) is 10.7. The highest BCUT2D eigenvalue weighted by molar-refractivity contribution is 6.77. The zero-order chi connectivity index (χ0) is 11.3. The van der Waals surface area contributed by atoms with E-state index < -0.39 is 8.07 Å². The fraction of sp³-hybridized carbons (Fsp3) is 1.00. The van der Waals surface area contributed by atoms with E-state index in [1.165, 1.54) is 12.8 Å². The molecule has 0 N–H and O–H groups in total. The van der Waals surface area contributed by atoms with Crippen molar-refractivity contribution < 1.29 is 9.47 Å². The number of methoxy groups -OCH3 is 2. The first kappa shape index (κ1) is 11.6. The van der Waals surface area contributed by atoms with Crippen LogP contribution in [0.4, 0.5) is 0 Å². The summed E-state index contributed by atoms with van der Waals surface area (Å²) in [5, 5.41) is 0. The maximum Gasteiger partial charge on any atom is 0.170 e. The molecule has 2 aliphatic carbocycles. The van der Waals surface area contributed by atoms with Crippen molar-refractivity contribution in [1.29, 1.82) is 0 Å². The molecule has 0 aromatic carbocycles. The molecule has 2 nitrogen and oxygen atoms in total. The minimum atomic E-state index is -1.06. The third-order valence-corrected chi connectivity index (χ3v) is 7.46. The molecule has 0 spiro atoms. The van der Waals surface area contributed by atoms with E-state index in [0.717, 1.165) is 17.9 Å². The van der Waals surface area contributed by atoms with Crippen molar-refractivity contribution in [3.05, 3.63) is 0 Å². The Labute approximate surface area is 94.4 Å². The Morgan fingerprint density at radius 1 is 1.07 bits per heavy atom. The summed E-state index contributed by atoms with van der Waals surface area (Å²) in [6.45, 7) is 7.44. The molecule has 0 aliphatic heterocycles. The number of ether oxygens (including phenoxy) is 2. The lowest BCUT2D eigenvalue weighted by molar-refractivity contribution is -0.235. The third-order valence-electron chi connectivity index (χ3n) is 4.60. The highest BCUT2D eigenvalue weighted by Crippen LogP contribution is 2.60. The van der Waals surface area contributed by atoms with E-state index in [9.17, 15) is 0 Å². The lowest BCUT2D eigenvalue weighted by Crippen LogP contribution is -2.47. The minimum absolute atomic E-state index is 0.242. The van der Waals surface area contributed by atoms with E-state index in [0.29, 0.717) is 5.92 Å². The summed E-state index contributed by atoms with van der Waals surface area (Å²) in [5.41, 5.74) is 0.885. The Morgan fingerprint density at radius 2 is 1.67 bits per heavy atom. The van der Waals surface area contributed by atoms with Gasteiger partial charge in [-0.2, -0.15) is 0 Å². The molecule has 2 aliphatic rings. The van der Waals surface area contributed by atoms with Gasteiger partial charge >= 0.3 is 0 Å². The van der Waals surface area contributed by atoms with Crippen LogP contribution in [0.2, 0.25) is 25.2 Å². The van der Waals surface area contributed by atoms with Gasteiger partial charge in [-0.1, -0.05) is 19.6 Å². The molecule has 3 atom stereocenters. The highest BCUT2D eigenvalue weighted by Gasteiger charge is 2.59. The van der Waals surface area contributed by atoms with Crippen LogP contribution in [0, 0.1) is 11.8 Å². The molecule has 88 valence electrons. The Balaban J connectivity index is 2.22. The quantitative estimate of drug-likeness (QED) is 0.546. The van der Waals surface area contributed by atoms with Gasteiger partial charge in [0, 0.05) is 34.6 Å². The SMILES string of the molecule is COC1(OC)C[C@H]2C[C@@H]([Si](C)(C)C)[C@@H]1C2. The average molecular weight is 228 g/mol. The first-order valence-electron chi connectivity index (χ1n) is 6.03. The highest BCUT2D eigenvalue weighted by atomic mass is 28.3. The normalized spacial score (nSPS) is 38.6. The van der Waals surface area contributed by atoms with Gasteiger partial charge in [-0.05, 0) is 24.3 Å². The van der Waals surface area contributed by atoms with Crippen LogP contribution in [0.3, 0.4) is 0 Å². The van der Waals surface area contributed by atoms with Crippen molar-refractivity contribution in [1.82, 2.24) is 0 Å². The fourth-order valence-corrected chi connectivity index (χ4v) is 6.50. The van der Waals surface area contributed by atoms with Crippen LogP contribution in [0.25, 0.3) is 0 Å². The molecular formula is C12H24O2Si. The average Bonchev–Trinajstić information content (AvgIpc) is 2.73. The van der Waals surface area contributed by atoms with E-state index in [4.69, 9.17) is 9.47 Å². The summed E-state index contributed by atoms with van der Waals surface area (Å²) in [4.78, 5) is 0. The Bertz CT molecular complexity index is 242. The van der Waals surface area contributed by atoms with Crippen LogP contribution in [-0.4, -0.2) is 28.1 Å². The van der Waals surface area contributed by atoms with E-state index in [2.05, 4.69) is 19.6 Å². The zero-order valence-corrected chi connectivity index (χ0v) is 11.7. The van der Waals surface area contributed by atoms with E-state index in [1.807, 2.05) is 14.2 Å². The second-order valence-corrected chi connectivity index (χ2v) is 11.8. The molecular weight excluding hydrogens is 204 g/mol. The van der Waals surface area contributed by atoms with Gasteiger partial charge in [0.25, 0.3) is 0 Å². The van der Waals surface area contributed by atoms with Crippen LogP contribution in [0.5, 0.6) is 0 Å². The largest absolute Gasteiger partial charge is 0.353 e. The number of fused-ring (bicyclic) bond motifs is 2. The van der Waals surface area contributed by atoms with Gasteiger partial charge in [-0.3, -0.25) is 0 Å². The third kappa shape index (κ3) is 1.69. The van der Waals surface area contributed by atoms with Gasteiger partial charge in [-0.25, -0.2) is 0 Å². The van der Waals surface area contributed by atoms with Gasteiger partial charge < -0.3 is 9.47 Å². The van der Waals surface area contributed by atoms with Crippen LogP contribution < -0.4 is 0 Å². The molecule has 2 bridgehead atoms. The Kier molecular flexibility index (Phi) is 2.77. The molecule has 0 aromatic heterocycles. The smallest absolute Gasteiger partial charge is 0.170 e. The van der Waals surface area contributed by atoms with Crippen LogP contribution in [0.1, 0.15) is 19.3 Å². The van der Waals surface area contributed by atoms with E-state index in [-0.39, 0.29) is 5.79 Å². The predicted octanol–water partition coefficient (Wildman–Crippen LogP) is 3.11. The predicted molar refractivity (Wildman–Crippen MR) is 64.7 cm³/mol. The Hall–Kier alpha value is 0.137. The molecule has 2 rings (SSSR count).